The average Bonchev–Trinajstić information content (AvgIpc) is 3.00. The van der Waals surface area contributed by atoms with Gasteiger partial charge in [-0.25, -0.2) is 0 Å². The molecule has 21 heavy (non-hydrogen) atoms. The molecule has 1 aliphatic carbocycles. The number of amides is 1. The molecule has 0 bridgehead atoms. The fourth-order valence-corrected chi connectivity index (χ4v) is 4.10. The smallest absolute Gasteiger partial charge is 0.222 e. The van der Waals surface area contributed by atoms with E-state index in [2.05, 4.69) is 22.0 Å². The van der Waals surface area contributed by atoms with Crippen LogP contribution in [0.3, 0.4) is 0 Å². The zero-order chi connectivity index (χ0) is 14.1. The van der Waals surface area contributed by atoms with E-state index in [0.717, 1.165) is 30.4 Å². The molecule has 1 aromatic rings. The number of aryl methyl sites for hydroxylation is 1. The highest BCUT2D eigenvalue weighted by Crippen LogP contribution is 2.37. The number of hydrogen-bond acceptors (Lipinski definition) is 2. The van der Waals surface area contributed by atoms with Crippen molar-refractivity contribution in [2.75, 3.05) is 13.1 Å². The second kappa shape index (κ2) is 7.12. The van der Waals surface area contributed by atoms with Crippen LogP contribution in [0.25, 0.3) is 0 Å². The summed E-state index contributed by atoms with van der Waals surface area (Å²) in [4.78, 5) is 14.4. The maximum atomic E-state index is 12.3. The van der Waals surface area contributed by atoms with E-state index in [1.807, 2.05) is 23.1 Å². The molecule has 1 amide bonds. The summed E-state index contributed by atoms with van der Waals surface area (Å²) in [5.41, 5.74) is 7.33. The second-order valence-electron chi connectivity index (χ2n) is 6.06. The molecule has 3 atom stereocenters. The number of carbonyl (C=O) groups is 1. The Morgan fingerprint density at radius 1 is 1.29 bits per heavy atom. The van der Waals surface area contributed by atoms with Crippen LogP contribution in [-0.2, 0) is 11.2 Å². The molecule has 0 radical (unpaired) electrons. The molecule has 3 rings (SSSR count). The topological polar surface area (TPSA) is 46.3 Å². The predicted molar refractivity (Wildman–Crippen MR) is 90.5 cm³/mol. The zero-order valence-corrected chi connectivity index (χ0v) is 14.4. The van der Waals surface area contributed by atoms with Crippen molar-refractivity contribution in [2.45, 2.75) is 31.7 Å². The fourth-order valence-electron chi connectivity index (χ4n) is 3.61. The number of nitrogens with zero attached hydrogens (tertiary/aromatic N) is 1. The normalized spacial score (nSPS) is 27.3. The number of rotatable bonds is 3. The number of benzene rings is 1. The van der Waals surface area contributed by atoms with Crippen LogP contribution in [0.15, 0.2) is 28.7 Å². The lowest BCUT2D eigenvalue weighted by Crippen LogP contribution is -2.33. The molecule has 3 unspecified atom stereocenters. The van der Waals surface area contributed by atoms with Crippen molar-refractivity contribution in [3.05, 3.63) is 34.3 Å². The molecule has 0 aromatic heterocycles. The first-order chi connectivity index (χ1) is 9.65. The fraction of sp³-hybridized carbons (Fsp3) is 0.562. The molecule has 5 heteroatoms. The predicted octanol–water partition coefficient (Wildman–Crippen LogP) is 3.00. The van der Waals surface area contributed by atoms with Crippen LogP contribution in [0.2, 0.25) is 0 Å². The number of halogens is 2. The number of fused-ring (bicyclic) bond motifs is 1. The van der Waals surface area contributed by atoms with Crippen LogP contribution in [0, 0.1) is 11.8 Å². The van der Waals surface area contributed by atoms with Gasteiger partial charge in [0.2, 0.25) is 5.91 Å². The first kappa shape index (κ1) is 16.8. The monoisotopic (exact) mass is 372 g/mol. The largest absolute Gasteiger partial charge is 0.342 e. The Hall–Kier alpha value is -0.580. The lowest BCUT2D eigenvalue weighted by atomic mass is 9.98. The van der Waals surface area contributed by atoms with Gasteiger partial charge in [0.25, 0.3) is 0 Å². The van der Waals surface area contributed by atoms with Crippen LogP contribution in [0.1, 0.15) is 24.8 Å². The molecule has 1 aliphatic heterocycles. The van der Waals surface area contributed by atoms with Crippen molar-refractivity contribution in [2.24, 2.45) is 17.6 Å². The molecule has 1 heterocycles. The lowest BCUT2D eigenvalue weighted by Gasteiger charge is -2.19. The van der Waals surface area contributed by atoms with Crippen LogP contribution in [0.5, 0.6) is 0 Å². The van der Waals surface area contributed by atoms with Gasteiger partial charge in [0.15, 0.2) is 0 Å². The SMILES string of the molecule is Cl.NC1CCC2CN(C(=O)CCc3ccccc3Br)CC12. The first-order valence-electron chi connectivity index (χ1n) is 7.42. The van der Waals surface area contributed by atoms with Gasteiger partial charge in [0, 0.05) is 30.0 Å². The Labute approximate surface area is 140 Å². The molecular weight excluding hydrogens is 352 g/mol. The zero-order valence-electron chi connectivity index (χ0n) is 12.0. The van der Waals surface area contributed by atoms with Crippen molar-refractivity contribution >= 4 is 34.2 Å². The Morgan fingerprint density at radius 2 is 2.05 bits per heavy atom. The minimum Gasteiger partial charge on any atom is -0.342 e. The van der Waals surface area contributed by atoms with Crippen molar-refractivity contribution in [3.8, 4) is 0 Å². The maximum Gasteiger partial charge on any atom is 0.222 e. The van der Waals surface area contributed by atoms with Crippen molar-refractivity contribution in [3.63, 3.8) is 0 Å². The summed E-state index contributed by atoms with van der Waals surface area (Å²) in [6.07, 6.45) is 3.73. The third kappa shape index (κ3) is 3.61. The van der Waals surface area contributed by atoms with Gasteiger partial charge in [-0.1, -0.05) is 34.1 Å². The molecule has 3 nitrogen and oxygen atoms in total. The molecule has 2 N–H and O–H groups in total. The van der Waals surface area contributed by atoms with E-state index in [4.69, 9.17) is 5.73 Å². The Kier molecular flexibility index (Phi) is 5.69. The second-order valence-corrected chi connectivity index (χ2v) is 6.91. The van der Waals surface area contributed by atoms with Crippen molar-refractivity contribution < 1.29 is 4.79 Å². The third-order valence-corrected chi connectivity index (χ3v) is 5.60. The summed E-state index contributed by atoms with van der Waals surface area (Å²) in [6.45, 7) is 1.80. The van der Waals surface area contributed by atoms with Crippen LogP contribution < -0.4 is 5.73 Å². The molecule has 1 aromatic carbocycles. The Bertz CT molecular complexity index is 511. The van der Waals surface area contributed by atoms with E-state index in [1.165, 1.54) is 12.0 Å². The Morgan fingerprint density at radius 3 is 2.76 bits per heavy atom. The Balaban J connectivity index is 0.00000161. The van der Waals surface area contributed by atoms with E-state index in [9.17, 15) is 4.79 Å². The first-order valence-corrected chi connectivity index (χ1v) is 8.21. The molecule has 1 saturated heterocycles. The maximum absolute atomic E-state index is 12.3. The summed E-state index contributed by atoms with van der Waals surface area (Å²) in [7, 11) is 0. The molecular formula is C16H22BrClN2O. The van der Waals surface area contributed by atoms with E-state index in [0.29, 0.717) is 24.3 Å². The van der Waals surface area contributed by atoms with E-state index >= 15 is 0 Å². The van der Waals surface area contributed by atoms with Gasteiger partial charge in [0.05, 0.1) is 0 Å². The molecule has 2 fully saturated rings. The number of carbonyl (C=O) groups excluding carboxylic acids is 1. The summed E-state index contributed by atoms with van der Waals surface area (Å²) >= 11 is 3.54. The molecule has 2 aliphatic rings. The van der Waals surface area contributed by atoms with Crippen molar-refractivity contribution in [1.29, 1.82) is 0 Å². The van der Waals surface area contributed by atoms with Crippen LogP contribution >= 0.6 is 28.3 Å². The highest BCUT2D eigenvalue weighted by molar-refractivity contribution is 9.10. The van der Waals surface area contributed by atoms with E-state index < -0.39 is 0 Å². The summed E-state index contributed by atoms with van der Waals surface area (Å²) < 4.78 is 1.09. The van der Waals surface area contributed by atoms with E-state index in [-0.39, 0.29) is 18.3 Å². The van der Waals surface area contributed by atoms with E-state index in [1.54, 1.807) is 0 Å². The molecule has 116 valence electrons. The third-order valence-electron chi connectivity index (χ3n) is 4.83. The summed E-state index contributed by atoms with van der Waals surface area (Å²) in [5, 5.41) is 0. The van der Waals surface area contributed by atoms with Crippen LogP contribution in [-0.4, -0.2) is 29.9 Å². The van der Waals surface area contributed by atoms with Gasteiger partial charge in [-0.05, 0) is 42.7 Å². The van der Waals surface area contributed by atoms with Gasteiger partial charge < -0.3 is 10.6 Å². The summed E-state index contributed by atoms with van der Waals surface area (Å²) in [5.74, 6) is 1.47. The highest BCUT2D eigenvalue weighted by atomic mass is 79.9. The average molecular weight is 374 g/mol. The van der Waals surface area contributed by atoms with Crippen molar-refractivity contribution in [1.82, 2.24) is 4.90 Å². The highest BCUT2D eigenvalue weighted by Gasteiger charge is 2.42. The van der Waals surface area contributed by atoms with Crippen LogP contribution in [0.4, 0.5) is 0 Å². The van der Waals surface area contributed by atoms with Gasteiger partial charge >= 0.3 is 0 Å². The van der Waals surface area contributed by atoms with Gasteiger partial charge in [-0.15, -0.1) is 12.4 Å². The number of hydrogen-bond donors (Lipinski definition) is 1. The minimum atomic E-state index is 0. The minimum absolute atomic E-state index is 0. The number of nitrogens with two attached hydrogens (primary N) is 1. The summed E-state index contributed by atoms with van der Waals surface area (Å²) in [6, 6.07) is 8.42. The lowest BCUT2D eigenvalue weighted by molar-refractivity contribution is -0.130. The molecule has 0 spiro atoms. The van der Waals surface area contributed by atoms with Gasteiger partial charge in [-0.2, -0.15) is 0 Å². The van der Waals surface area contributed by atoms with Gasteiger partial charge in [-0.3, -0.25) is 4.79 Å². The quantitative estimate of drug-likeness (QED) is 0.885. The number of likely N-dealkylation sites (tertiary alicyclic amines) is 1. The molecule has 1 saturated carbocycles. The standard InChI is InChI=1S/C16H21BrN2O.ClH/c17-14-4-2-1-3-11(14)6-8-16(20)19-9-12-5-7-15(18)13(12)10-19;/h1-4,12-13,15H,5-10,18H2;1H. The van der Waals surface area contributed by atoms with Gasteiger partial charge in [0.1, 0.15) is 0 Å².